The molecule has 0 aliphatic heterocycles. The Morgan fingerprint density at radius 3 is 2.39 bits per heavy atom. The molecule has 0 aliphatic rings. The van der Waals surface area contributed by atoms with Crippen molar-refractivity contribution in [1.29, 1.82) is 0 Å². The summed E-state index contributed by atoms with van der Waals surface area (Å²) in [5.41, 5.74) is -0.118. The second-order valence-electron chi connectivity index (χ2n) is 3.09. The molecule has 98 valence electrons. The second kappa shape index (κ2) is 6.70. The van der Waals surface area contributed by atoms with Crippen molar-refractivity contribution >= 4 is 39.5 Å². The van der Waals surface area contributed by atoms with Crippen molar-refractivity contribution in [1.82, 2.24) is 4.98 Å². The van der Waals surface area contributed by atoms with Gasteiger partial charge in [-0.3, -0.25) is 0 Å². The third kappa shape index (κ3) is 3.43. The van der Waals surface area contributed by atoms with E-state index < -0.39 is 11.9 Å². The van der Waals surface area contributed by atoms with Crippen LogP contribution < -0.4 is 0 Å². The maximum Gasteiger partial charge on any atom is 0.358 e. The van der Waals surface area contributed by atoms with Crippen LogP contribution in [0.1, 0.15) is 34.8 Å². The number of aromatic nitrogens is 1. The van der Waals surface area contributed by atoms with E-state index >= 15 is 0 Å². The molecule has 0 spiro atoms. The van der Waals surface area contributed by atoms with Gasteiger partial charge in [-0.2, -0.15) is 0 Å². The topological polar surface area (TPSA) is 65.5 Å². The minimum absolute atomic E-state index is 0.00354. The summed E-state index contributed by atoms with van der Waals surface area (Å²) in [6.07, 6.45) is 0. The maximum atomic E-state index is 11.6. The zero-order valence-electron chi connectivity index (χ0n) is 9.83. The number of nitrogens with zero attached hydrogens (tertiary/aromatic N) is 1. The molecule has 0 N–H and O–H groups in total. The monoisotopic (exact) mass is 335 g/mol. The fourth-order valence-corrected chi connectivity index (χ4v) is 1.72. The highest BCUT2D eigenvalue weighted by Gasteiger charge is 2.20. The highest BCUT2D eigenvalue weighted by Crippen LogP contribution is 2.26. The van der Waals surface area contributed by atoms with Gasteiger partial charge in [-0.25, -0.2) is 14.6 Å². The third-order valence-electron chi connectivity index (χ3n) is 1.87. The fraction of sp³-hybridized carbons (Fsp3) is 0.364. The van der Waals surface area contributed by atoms with Crippen LogP contribution >= 0.6 is 27.5 Å². The molecule has 0 atom stereocenters. The predicted octanol–water partition coefficient (Wildman–Crippen LogP) is 2.85. The first-order valence-corrected chi connectivity index (χ1v) is 6.38. The van der Waals surface area contributed by atoms with Gasteiger partial charge in [-0.1, -0.05) is 11.6 Å². The summed E-state index contributed by atoms with van der Waals surface area (Å²) >= 11 is 9.06. The number of halogens is 2. The van der Waals surface area contributed by atoms with Gasteiger partial charge in [0.2, 0.25) is 0 Å². The van der Waals surface area contributed by atoms with Crippen molar-refractivity contribution in [2.75, 3.05) is 13.2 Å². The minimum Gasteiger partial charge on any atom is -0.461 e. The molecule has 5 nitrogen and oxygen atoms in total. The Morgan fingerprint density at radius 1 is 1.28 bits per heavy atom. The summed E-state index contributed by atoms with van der Waals surface area (Å²) in [4.78, 5) is 27.0. The van der Waals surface area contributed by atoms with Gasteiger partial charge in [0, 0.05) is 4.47 Å². The largest absolute Gasteiger partial charge is 0.461 e. The van der Waals surface area contributed by atoms with Gasteiger partial charge >= 0.3 is 11.9 Å². The van der Waals surface area contributed by atoms with Crippen LogP contribution in [-0.4, -0.2) is 30.1 Å². The molecule has 0 aliphatic carbocycles. The van der Waals surface area contributed by atoms with Crippen LogP contribution in [0.3, 0.4) is 0 Å². The summed E-state index contributed by atoms with van der Waals surface area (Å²) in [6.45, 7) is 3.75. The van der Waals surface area contributed by atoms with Crippen molar-refractivity contribution < 1.29 is 19.1 Å². The number of hydrogen-bond donors (Lipinski definition) is 0. The van der Waals surface area contributed by atoms with Crippen molar-refractivity contribution in [3.8, 4) is 0 Å². The third-order valence-corrected chi connectivity index (χ3v) is 3.10. The van der Waals surface area contributed by atoms with Gasteiger partial charge in [0.25, 0.3) is 0 Å². The van der Waals surface area contributed by atoms with Crippen molar-refractivity contribution in [3.63, 3.8) is 0 Å². The number of hydrogen-bond acceptors (Lipinski definition) is 5. The number of carbonyl (C=O) groups is 2. The van der Waals surface area contributed by atoms with Gasteiger partial charge in [0.1, 0.15) is 0 Å². The Bertz CT molecular complexity index is 478. The van der Waals surface area contributed by atoms with E-state index in [1.807, 2.05) is 0 Å². The number of ether oxygens (including phenoxy) is 2. The van der Waals surface area contributed by atoms with Gasteiger partial charge in [-0.15, -0.1) is 0 Å². The molecule has 0 amide bonds. The Kier molecular flexibility index (Phi) is 5.55. The maximum absolute atomic E-state index is 11.6. The minimum atomic E-state index is -0.686. The van der Waals surface area contributed by atoms with E-state index in [2.05, 4.69) is 20.9 Å². The van der Waals surface area contributed by atoms with Gasteiger partial charge in [0.05, 0.1) is 18.2 Å². The average Bonchev–Trinajstić information content (AvgIpc) is 2.32. The van der Waals surface area contributed by atoms with Crippen LogP contribution in [0.15, 0.2) is 10.5 Å². The first-order chi connectivity index (χ1) is 8.51. The van der Waals surface area contributed by atoms with Crippen LogP contribution in [0.5, 0.6) is 0 Å². The lowest BCUT2D eigenvalue weighted by atomic mass is 10.3. The van der Waals surface area contributed by atoms with Crippen LogP contribution in [0.4, 0.5) is 0 Å². The summed E-state index contributed by atoms with van der Waals surface area (Å²) in [5, 5.41) is 0.0986. The zero-order valence-corrected chi connectivity index (χ0v) is 12.2. The highest BCUT2D eigenvalue weighted by molar-refractivity contribution is 9.10. The molecule has 0 bridgehead atoms. The molecule has 1 heterocycles. The first kappa shape index (κ1) is 14.9. The molecule has 0 unspecified atom stereocenters. The van der Waals surface area contributed by atoms with Crippen LogP contribution in [0, 0.1) is 0 Å². The van der Waals surface area contributed by atoms with Gasteiger partial charge < -0.3 is 9.47 Å². The highest BCUT2D eigenvalue weighted by atomic mass is 79.9. The second-order valence-corrected chi connectivity index (χ2v) is 4.33. The first-order valence-electron chi connectivity index (χ1n) is 5.21. The predicted molar refractivity (Wildman–Crippen MR) is 68.9 cm³/mol. The quantitative estimate of drug-likeness (QED) is 0.791. The number of carbonyl (C=O) groups excluding carboxylic acids is 2. The summed E-state index contributed by atoms with van der Waals surface area (Å²) in [5.74, 6) is -1.31. The standard InChI is InChI=1S/C11H11BrClNO4/c1-3-17-10(15)7-5-6(12)8(13)9(14-7)11(16)18-4-2/h5H,3-4H2,1-2H3. The average molecular weight is 337 g/mol. The molecule has 7 heteroatoms. The molecule has 0 saturated heterocycles. The molecule has 1 rings (SSSR count). The Hall–Kier alpha value is -1.14. The molecular formula is C11H11BrClNO4. The molecule has 0 saturated carbocycles. The van der Waals surface area contributed by atoms with E-state index in [1.165, 1.54) is 6.07 Å². The van der Waals surface area contributed by atoms with Crippen molar-refractivity contribution in [2.24, 2.45) is 0 Å². The lowest BCUT2D eigenvalue weighted by Gasteiger charge is -2.07. The van der Waals surface area contributed by atoms with E-state index in [4.69, 9.17) is 21.1 Å². The van der Waals surface area contributed by atoms with E-state index in [0.29, 0.717) is 4.47 Å². The molecule has 1 aromatic rings. The summed E-state index contributed by atoms with van der Waals surface area (Å²) in [7, 11) is 0. The molecular weight excluding hydrogens is 325 g/mol. The Morgan fingerprint density at radius 2 is 1.83 bits per heavy atom. The molecule has 0 radical (unpaired) electrons. The Balaban J connectivity index is 3.18. The van der Waals surface area contributed by atoms with Gasteiger partial charge in [-0.05, 0) is 35.8 Å². The van der Waals surface area contributed by atoms with Crippen molar-refractivity contribution in [3.05, 3.63) is 26.9 Å². The van der Waals surface area contributed by atoms with E-state index in [0.717, 1.165) is 0 Å². The normalized spacial score (nSPS) is 10.0. The smallest absolute Gasteiger partial charge is 0.358 e. The molecule has 18 heavy (non-hydrogen) atoms. The molecule has 1 aromatic heterocycles. The lowest BCUT2D eigenvalue weighted by Crippen LogP contribution is -2.13. The van der Waals surface area contributed by atoms with E-state index in [1.54, 1.807) is 13.8 Å². The van der Waals surface area contributed by atoms with E-state index in [9.17, 15) is 9.59 Å². The van der Waals surface area contributed by atoms with Crippen LogP contribution in [0.25, 0.3) is 0 Å². The SMILES string of the molecule is CCOC(=O)c1cc(Br)c(Cl)c(C(=O)OCC)n1. The number of rotatable bonds is 4. The van der Waals surface area contributed by atoms with Crippen LogP contribution in [0.2, 0.25) is 5.02 Å². The van der Waals surface area contributed by atoms with Crippen molar-refractivity contribution in [2.45, 2.75) is 13.8 Å². The molecule has 0 aromatic carbocycles. The molecule has 0 fully saturated rings. The number of esters is 2. The fourth-order valence-electron chi connectivity index (χ4n) is 1.14. The van der Waals surface area contributed by atoms with Crippen LogP contribution in [-0.2, 0) is 9.47 Å². The Labute approximate surface area is 118 Å². The number of pyridine rings is 1. The van der Waals surface area contributed by atoms with E-state index in [-0.39, 0.29) is 29.6 Å². The summed E-state index contributed by atoms with van der Waals surface area (Å²) < 4.78 is 9.98. The van der Waals surface area contributed by atoms with Gasteiger partial charge in [0.15, 0.2) is 11.4 Å². The zero-order chi connectivity index (χ0) is 13.7. The summed E-state index contributed by atoms with van der Waals surface area (Å²) in [6, 6.07) is 1.39. The lowest BCUT2D eigenvalue weighted by molar-refractivity contribution is 0.0511.